The lowest BCUT2D eigenvalue weighted by molar-refractivity contribution is 0.331. The first-order chi connectivity index (χ1) is 15.5. The fourth-order valence-electron chi connectivity index (χ4n) is 5.09. The molecule has 0 spiro atoms. The summed E-state index contributed by atoms with van der Waals surface area (Å²) in [5.41, 5.74) is 18.3. The van der Waals surface area contributed by atoms with Crippen LogP contribution in [0, 0.1) is 6.92 Å². The highest BCUT2D eigenvalue weighted by molar-refractivity contribution is 5.81. The number of rotatable bonds is 5. The van der Waals surface area contributed by atoms with Crippen molar-refractivity contribution in [3.05, 3.63) is 113 Å². The number of allylic oxidation sites excluding steroid dienone is 1. The zero-order chi connectivity index (χ0) is 24.0. The molecule has 0 aliphatic heterocycles. The zero-order valence-electron chi connectivity index (χ0n) is 20.9. The minimum absolute atomic E-state index is 0.192. The second-order valence-corrected chi connectivity index (χ2v) is 11.1. The van der Waals surface area contributed by atoms with Crippen LogP contribution >= 0.6 is 0 Å². The van der Waals surface area contributed by atoms with E-state index < -0.39 is 0 Å². The predicted molar refractivity (Wildman–Crippen MR) is 145 cm³/mol. The molecule has 0 saturated carbocycles. The average Bonchev–Trinajstić information content (AvgIpc) is 2.78. The van der Waals surface area contributed by atoms with E-state index in [9.17, 15) is 0 Å². The highest BCUT2D eigenvalue weighted by Gasteiger charge is 2.37. The van der Waals surface area contributed by atoms with E-state index >= 15 is 0 Å². The Labute approximate surface area is 200 Å². The van der Waals surface area contributed by atoms with Crippen LogP contribution in [0.15, 0.2) is 73.8 Å². The molecule has 0 radical (unpaired) electrons. The van der Waals surface area contributed by atoms with Gasteiger partial charge in [-0.05, 0) is 99.2 Å². The zero-order valence-corrected chi connectivity index (χ0v) is 20.9. The first kappa shape index (κ1) is 23.1. The molecule has 0 aromatic heterocycles. The molecule has 0 saturated heterocycles. The number of anilines is 1. The van der Waals surface area contributed by atoms with Crippen LogP contribution in [0.25, 0.3) is 11.1 Å². The van der Waals surface area contributed by atoms with Crippen molar-refractivity contribution in [3.8, 4) is 0 Å². The van der Waals surface area contributed by atoms with Gasteiger partial charge in [-0.15, -0.1) is 0 Å². The van der Waals surface area contributed by atoms with Crippen molar-refractivity contribution in [2.45, 2.75) is 64.7 Å². The maximum absolute atomic E-state index is 5.81. The van der Waals surface area contributed by atoms with Crippen molar-refractivity contribution < 1.29 is 0 Å². The molecule has 0 unspecified atom stereocenters. The van der Waals surface area contributed by atoms with Crippen LogP contribution in [-0.4, -0.2) is 0 Å². The summed E-state index contributed by atoms with van der Waals surface area (Å²) in [5.74, 6) is 0. The van der Waals surface area contributed by atoms with E-state index in [2.05, 4.69) is 96.3 Å². The molecule has 0 amide bonds. The summed E-state index contributed by atoms with van der Waals surface area (Å²) in [6.07, 6.45) is 3.26. The van der Waals surface area contributed by atoms with Gasteiger partial charge in [0.25, 0.3) is 0 Å². The molecule has 0 atom stereocenters. The summed E-state index contributed by atoms with van der Waals surface area (Å²) in [5, 5.41) is 0. The highest BCUT2D eigenvalue weighted by atomic mass is 14.5. The molecule has 2 N–H and O–H groups in total. The quantitative estimate of drug-likeness (QED) is 0.401. The summed E-state index contributed by atoms with van der Waals surface area (Å²) in [7, 11) is 0. The fourth-order valence-corrected chi connectivity index (χ4v) is 5.09. The number of benzene rings is 3. The lowest BCUT2D eigenvalue weighted by Gasteiger charge is -2.42. The van der Waals surface area contributed by atoms with Gasteiger partial charge >= 0.3 is 0 Å². The van der Waals surface area contributed by atoms with Gasteiger partial charge in [0.2, 0.25) is 0 Å². The fraction of sp³-hybridized carbons (Fsp3) is 0.312. The van der Waals surface area contributed by atoms with E-state index in [4.69, 9.17) is 5.73 Å². The maximum Gasteiger partial charge on any atom is 0.0314 e. The van der Waals surface area contributed by atoms with E-state index in [1.54, 1.807) is 0 Å². The van der Waals surface area contributed by atoms with E-state index in [0.717, 1.165) is 34.4 Å². The molecule has 0 heterocycles. The summed E-state index contributed by atoms with van der Waals surface area (Å²) in [4.78, 5) is 0. The predicted octanol–water partition coefficient (Wildman–Crippen LogP) is 8.24. The van der Waals surface area contributed by atoms with Crippen LogP contribution in [0.4, 0.5) is 5.69 Å². The van der Waals surface area contributed by atoms with E-state index in [1.165, 1.54) is 40.7 Å². The van der Waals surface area contributed by atoms with Gasteiger partial charge in [0, 0.05) is 5.69 Å². The van der Waals surface area contributed by atoms with E-state index in [1.807, 2.05) is 12.1 Å². The molecule has 1 aliphatic carbocycles. The molecule has 0 bridgehead atoms. The summed E-state index contributed by atoms with van der Waals surface area (Å²) in [6.45, 7) is 20.6. The Morgan fingerprint density at radius 3 is 1.88 bits per heavy atom. The van der Waals surface area contributed by atoms with Gasteiger partial charge in [-0.25, -0.2) is 0 Å². The monoisotopic (exact) mass is 435 g/mol. The van der Waals surface area contributed by atoms with E-state index in [-0.39, 0.29) is 10.8 Å². The molecule has 4 rings (SSSR count). The Morgan fingerprint density at radius 1 is 0.788 bits per heavy atom. The van der Waals surface area contributed by atoms with Crippen molar-refractivity contribution in [2.24, 2.45) is 0 Å². The molecular formula is C32H37N. The topological polar surface area (TPSA) is 26.0 Å². The second kappa shape index (κ2) is 8.37. The van der Waals surface area contributed by atoms with Crippen molar-refractivity contribution in [2.75, 3.05) is 5.73 Å². The van der Waals surface area contributed by atoms with Gasteiger partial charge in [-0.1, -0.05) is 89.4 Å². The lowest BCUT2D eigenvalue weighted by atomic mass is 9.62. The number of aryl methyl sites for hydroxylation is 1. The van der Waals surface area contributed by atoms with Crippen molar-refractivity contribution >= 4 is 16.8 Å². The minimum Gasteiger partial charge on any atom is -0.399 e. The van der Waals surface area contributed by atoms with Gasteiger partial charge < -0.3 is 5.73 Å². The molecule has 1 nitrogen and oxygen atoms in total. The summed E-state index contributed by atoms with van der Waals surface area (Å²) < 4.78 is 0. The van der Waals surface area contributed by atoms with Gasteiger partial charge in [0.05, 0.1) is 0 Å². The summed E-state index contributed by atoms with van der Waals surface area (Å²) in [6, 6.07) is 21.6. The first-order valence-electron chi connectivity index (χ1n) is 12.0. The third kappa shape index (κ3) is 4.55. The number of hydrogen-bond acceptors (Lipinski definition) is 1. The first-order valence-corrected chi connectivity index (χ1v) is 12.0. The van der Waals surface area contributed by atoms with Gasteiger partial charge in [-0.3, -0.25) is 0 Å². The average molecular weight is 436 g/mol. The van der Waals surface area contributed by atoms with Crippen molar-refractivity contribution in [1.29, 1.82) is 0 Å². The van der Waals surface area contributed by atoms with Crippen LogP contribution in [0.1, 0.15) is 79.5 Å². The van der Waals surface area contributed by atoms with Crippen LogP contribution in [-0.2, 0) is 17.3 Å². The Bertz CT molecular complexity index is 1200. The molecular weight excluding hydrogens is 398 g/mol. The second-order valence-electron chi connectivity index (χ2n) is 11.1. The SMILES string of the molecule is C=C(Cc1ccc(N)cc1)c1ccc(C(=C)c2cc3c(cc2C)C(C)(C)CCC3(C)C)cc1. The van der Waals surface area contributed by atoms with Gasteiger partial charge in [0.15, 0.2) is 0 Å². The number of nitrogens with two attached hydrogens (primary N) is 1. The molecule has 3 aromatic carbocycles. The Balaban J connectivity index is 1.60. The molecule has 3 aromatic rings. The van der Waals surface area contributed by atoms with Crippen LogP contribution in [0.5, 0.6) is 0 Å². The van der Waals surface area contributed by atoms with Gasteiger partial charge in [0.1, 0.15) is 0 Å². The van der Waals surface area contributed by atoms with Crippen molar-refractivity contribution in [1.82, 2.24) is 0 Å². The largest absolute Gasteiger partial charge is 0.399 e. The Morgan fingerprint density at radius 2 is 1.30 bits per heavy atom. The Hall–Kier alpha value is -3.06. The number of fused-ring (bicyclic) bond motifs is 1. The van der Waals surface area contributed by atoms with Crippen LogP contribution < -0.4 is 5.73 Å². The molecule has 1 heteroatoms. The molecule has 1 aliphatic rings. The number of nitrogen functional groups attached to an aromatic ring is 1. The smallest absolute Gasteiger partial charge is 0.0314 e. The Kier molecular flexibility index (Phi) is 5.86. The molecule has 0 fully saturated rings. The third-order valence-corrected chi connectivity index (χ3v) is 7.56. The standard InChI is InChI=1S/C32H37N/c1-21(18-24-8-14-27(33)15-9-24)25-10-12-26(13-11-25)23(3)28-20-30-29(19-22(28)2)31(4,5)16-17-32(30,6)7/h8-15,19-20H,1,3,16-18,33H2,2,4-7H3. The lowest BCUT2D eigenvalue weighted by Crippen LogP contribution is -2.34. The molecule has 170 valence electrons. The van der Waals surface area contributed by atoms with Crippen LogP contribution in [0.2, 0.25) is 0 Å². The summed E-state index contributed by atoms with van der Waals surface area (Å²) >= 11 is 0. The number of hydrogen-bond donors (Lipinski definition) is 1. The highest BCUT2D eigenvalue weighted by Crippen LogP contribution is 2.47. The maximum atomic E-state index is 5.81. The van der Waals surface area contributed by atoms with Gasteiger partial charge in [-0.2, -0.15) is 0 Å². The van der Waals surface area contributed by atoms with Crippen molar-refractivity contribution in [3.63, 3.8) is 0 Å². The normalized spacial score (nSPS) is 16.2. The van der Waals surface area contributed by atoms with Crippen LogP contribution in [0.3, 0.4) is 0 Å². The third-order valence-electron chi connectivity index (χ3n) is 7.56. The molecule has 33 heavy (non-hydrogen) atoms. The minimum atomic E-state index is 0.192. The van der Waals surface area contributed by atoms with E-state index in [0.29, 0.717) is 0 Å².